The van der Waals surface area contributed by atoms with Gasteiger partial charge in [-0.15, -0.1) is 0 Å². The van der Waals surface area contributed by atoms with Crippen LogP contribution in [-0.4, -0.2) is 38.3 Å². The number of nitrogens with zero attached hydrogens (tertiary/aromatic N) is 1. The monoisotopic (exact) mass is 101 g/mol. The first-order valence-corrected chi connectivity index (χ1v) is 2.55. The molecule has 2 nitrogen and oxygen atoms in total. The van der Waals surface area contributed by atoms with Crippen LogP contribution in [-0.2, 0) is 4.74 Å². The van der Waals surface area contributed by atoms with E-state index in [1.165, 1.54) is 0 Å². The van der Waals surface area contributed by atoms with Crippen LogP contribution >= 0.6 is 0 Å². The first-order valence-electron chi connectivity index (χ1n) is 2.55. The highest BCUT2D eigenvalue weighted by Crippen LogP contribution is 2.07. The molecule has 0 aromatic rings. The zero-order valence-electron chi connectivity index (χ0n) is 4.85. The second kappa shape index (κ2) is 1.80. The normalized spacial score (nSPS) is 28.7. The average Bonchev–Trinajstić information content (AvgIpc) is 2.17. The molecule has 1 fully saturated rings. The van der Waals surface area contributed by atoms with Crippen molar-refractivity contribution in [3.05, 3.63) is 0 Å². The summed E-state index contributed by atoms with van der Waals surface area (Å²) >= 11 is 0. The maximum atomic E-state index is 4.98. The molecule has 2 heteroatoms. The Kier molecular flexibility index (Phi) is 1.30. The molecule has 42 valence electrons. The highest BCUT2D eigenvalue weighted by Gasteiger charge is 2.22. The maximum Gasteiger partial charge on any atom is 0.0936 e. The lowest BCUT2D eigenvalue weighted by molar-refractivity contribution is 0.323. The Hall–Kier alpha value is -0.0800. The molecule has 1 rings (SSSR count). The fourth-order valence-electron chi connectivity index (χ4n) is 0.581. The summed E-state index contributed by atoms with van der Waals surface area (Å²) in [4.78, 5) is 2.14. The van der Waals surface area contributed by atoms with Gasteiger partial charge in [-0.3, -0.25) is 0 Å². The van der Waals surface area contributed by atoms with E-state index in [1.54, 1.807) is 0 Å². The van der Waals surface area contributed by atoms with E-state index in [-0.39, 0.29) is 0 Å². The number of hydrogen-bond acceptors (Lipinski definition) is 2. The van der Waals surface area contributed by atoms with E-state index in [9.17, 15) is 0 Å². The second-order valence-corrected chi connectivity index (χ2v) is 2.22. The topological polar surface area (TPSA) is 15.8 Å². The van der Waals surface area contributed by atoms with Crippen molar-refractivity contribution in [1.29, 1.82) is 0 Å². The lowest BCUT2D eigenvalue weighted by atomic mass is 10.5. The van der Waals surface area contributed by atoms with Gasteiger partial charge < -0.3 is 9.64 Å². The Balaban J connectivity index is 1.97. The molecular weight excluding hydrogens is 90.1 g/mol. The molecule has 7 heavy (non-hydrogen) atoms. The molecular formula is C5H11NO. The van der Waals surface area contributed by atoms with Crippen molar-refractivity contribution >= 4 is 0 Å². The van der Waals surface area contributed by atoms with E-state index >= 15 is 0 Å². The quantitative estimate of drug-likeness (QED) is 0.453. The first kappa shape index (κ1) is 5.06. The van der Waals surface area contributed by atoms with Crippen LogP contribution in [0.4, 0.5) is 0 Å². The van der Waals surface area contributed by atoms with Crippen molar-refractivity contribution in [3.8, 4) is 0 Å². The van der Waals surface area contributed by atoms with Gasteiger partial charge in [0.15, 0.2) is 0 Å². The predicted molar refractivity (Wildman–Crippen MR) is 28.3 cm³/mol. The SMILES string of the molecule is CN(C)C[C@@H]1CO1. The van der Waals surface area contributed by atoms with E-state index < -0.39 is 0 Å². The molecule has 0 saturated carbocycles. The standard InChI is InChI=1S/C5H11NO/c1-6(2)3-5-4-7-5/h5H,3-4H2,1-2H3/t5-/m1/s1. The molecule has 1 aliphatic heterocycles. The van der Waals surface area contributed by atoms with Gasteiger partial charge in [-0.05, 0) is 14.1 Å². The Morgan fingerprint density at radius 2 is 2.29 bits per heavy atom. The van der Waals surface area contributed by atoms with E-state index in [4.69, 9.17) is 4.74 Å². The molecule has 0 radical (unpaired) electrons. The third-order valence-corrected chi connectivity index (χ3v) is 0.971. The minimum Gasteiger partial charge on any atom is -0.372 e. The summed E-state index contributed by atoms with van der Waals surface area (Å²) < 4.78 is 4.98. The van der Waals surface area contributed by atoms with Crippen LogP contribution in [0.25, 0.3) is 0 Å². The molecule has 1 atom stereocenters. The van der Waals surface area contributed by atoms with Crippen LogP contribution in [0.3, 0.4) is 0 Å². The molecule has 1 aliphatic rings. The first-order chi connectivity index (χ1) is 3.29. The average molecular weight is 101 g/mol. The smallest absolute Gasteiger partial charge is 0.0936 e. The van der Waals surface area contributed by atoms with Crippen LogP contribution in [0, 0.1) is 0 Å². The second-order valence-electron chi connectivity index (χ2n) is 2.22. The Morgan fingerprint density at radius 1 is 1.71 bits per heavy atom. The predicted octanol–water partition coefficient (Wildman–Crippen LogP) is -0.0532. The Morgan fingerprint density at radius 3 is 2.43 bits per heavy atom. The molecule has 0 unspecified atom stereocenters. The van der Waals surface area contributed by atoms with E-state index in [1.807, 2.05) is 0 Å². The maximum absolute atomic E-state index is 4.98. The summed E-state index contributed by atoms with van der Waals surface area (Å²) in [6, 6.07) is 0. The Labute approximate surface area is 44.1 Å². The van der Waals surface area contributed by atoms with Gasteiger partial charge in [-0.1, -0.05) is 0 Å². The minimum absolute atomic E-state index is 0.551. The molecule has 0 bridgehead atoms. The van der Waals surface area contributed by atoms with E-state index in [2.05, 4.69) is 19.0 Å². The summed E-state index contributed by atoms with van der Waals surface area (Å²) in [5.74, 6) is 0. The van der Waals surface area contributed by atoms with Crippen molar-refractivity contribution in [2.75, 3.05) is 27.2 Å². The molecule has 0 aromatic heterocycles. The summed E-state index contributed by atoms with van der Waals surface area (Å²) in [6.07, 6.45) is 0.551. The molecule has 1 heterocycles. The zero-order chi connectivity index (χ0) is 5.28. The molecule has 0 spiro atoms. The third-order valence-electron chi connectivity index (χ3n) is 0.971. The molecule has 0 N–H and O–H groups in total. The van der Waals surface area contributed by atoms with E-state index in [0.29, 0.717) is 6.10 Å². The van der Waals surface area contributed by atoms with Crippen LogP contribution < -0.4 is 0 Å². The number of rotatable bonds is 2. The van der Waals surface area contributed by atoms with Gasteiger partial charge in [0.25, 0.3) is 0 Å². The summed E-state index contributed by atoms with van der Waals surface area (Å²) in [5, 5.41) is 0. The zero-order valence-corrected chi connectivity index (χ0v) is 4.85. The van der Waals surface area contributed by atoms with Gasteiger partial charge in [0.2, 0.25) is 0 Å². The number of epoxide rings is 1. The van der Waals surface area contributed by atoms with Crippen molar-refractivity contribution in [3.63, 3.8) is 0 Å². The van der Waals surface area contributed by atoms with Gasteiger partial charge in [0, 0.05) is 6.54 Å². The lowest BCUT2D eigenvalue weighted by Gasteiger charge is -2.03. The summed E-state index contributed by atoms with van der Waals surface area (Å²) in [5.41, 5.74) is 0. The van der Waals surface area contributed by atoms with Crippen molar-refractivity contribution in [2.24, 2.45) is 0 Å². The van der Waals surface area contributed by atoms with Gasteiger partial charge >= 0.3 is 0 Å². The lowest BCUT2D eigenvalue weighted by Crippen LogP contribution is -2.17. The van der Waals surface area contributed by atoms with Gasteiger partial charge in [-0.2, -0.15) is 0 Å². The number of likely N-dealkylation sites (N-methyl/N-ethyl adjacent to an activating group) is 1. The van der Waals surface area contributed by atoms with Crippen molar-refractivity contribution in [1.82, 2.24) is 4.90 Å². The van der Waals surface area contributed by atoms with Gasteiger partial charge in [0.1, 0.15) is 0 Å². The molecule has 0 aliphatic carbocycles. The molecule has 1 saturated heterocycles. The largest absolute Gasteiger partial charge is 0.372 e. The molecule has 0 amide bonds. The number of ether oxygens (including phenoxy) is 1. The highest BCUT2D eigenvalue weighted by atomic mass is 16.6. The highest BCUT2D eigenvalue weighted by molar-refractivity contribution is 4.70. The minimum atomic E-state index is 0.551. The Bertz CT molecular complexity index is 59.1. The van der Waals surface area contributed by atoms with Crippen LogP contribution in [0.5, 0.6) is 0 Å². The molecule has 0 aromatic carbocycles. The van der Waals surface area contributed by atoms with Crippen molar-refractivity contribution < 1.29 is 4.74 Å². The summed E-state index contributed by atoms with van der Waals surface area (Å²) in [6.45, 7) is 2.05. The van der Waals surface area contributed by atoms with Gasteiger partial charge in [-0.25, -0.2) is 0 Å². The van der Waals surface area contributed by atoms with Gasteiger partial charge in [0.05, 0.1) is 12.7 Å². The van der Waals surface area contributed by atoms with Crippen LogP contribution in [0.1, 0.15) is 0 Å². The van der Waals surface area contributed by atoms with E-state index in [0.717, 1.165) is 13.2 Å². The summed E-state index contributed by atoms with van der Waals surface area (Å²) in [7, 11) is 4.11. The third kappa shape index (κ3) is 1.90. The fraction of sp³-hybridized carbons (Fsp3) is 1.00. The van der Waals surface area contributed by atoms with Crippen LogP contribution in [0.15, 0.2) is 0 Å². The van der Waals surface area contributed by atoms with Crippen LogP contribution in [0.2, 0.25) is 0 Å². The van der Waals surface area contributed by atoms with Crippen molar-refractivity contribution in [2.45, 2.75) is 6.10 Å². The number of hydrogen-bond donors (Lipinski definition) is 0. The fourth-order valence-corrected chi connectivity index (χ4v) is 0.581.